The molecular formula is C13H15Cl2FO. The van der Waals surface area contributed by atoms with Gasteiger partial charge in [0, 0.05) is 24.1 Å². The van der Waals surface area contributed by atoms with Gasteiger partial charge < -0.3 is 4.74 Å². The van der Waals surface area contributed by atoms with Crippen LogP contribution in [0.3, 0.4) is 0 Å². The summed E-state index contributed by atoms with van der Waals surface area (Å²) in [6.07, 6.45) is 2.43. The average Bonchev–Trinajstić information content (AvgIpc) is 2.34. The molecule has 17 heavy (non-hydrogen) atoms. The predicted molar refractivity (Wildman–Crippen MR) is 68.3 cm³/mol. The summed E-state index contributed by atoms with van der Waals surface area (Å²) in [5.41, 5.74) is 0.658. The van der Waals surface area contributed by atoms with Crippen molar-refractivity contribution in [1.82, 2.24) is 0 Å². The van der Waals surface area contributed by atoms with Crippen molar-refractivity contribution in [2.24, 2.45) is 5.41 Å². The maximum Gasteiger partial charge on any atom is 0.127 e. The molecule has 0 bridgehead atoms. The van der Waals surface area contributed by atoms with Crippen LogP contribution in [-0.4, -0.2) is 19.1 Å². The zero-order valence-corrected chi connectivity index (χ0v) is 11.0. The van der Waals surface area contributed by atoms with Gasteiger partial charge in [0.05, 0.1) is 0 Å². The summed E-state index contributed by atoms with van der Waals surface area (Å²) < 4.78 is 19.1. The number of ether oxygens (including phenoxy) is 1. The van der Waals surface area contributed by atoms with E-state index in [0.29, 0.717) is 36.1 Å². The van der Waals surface area contributed by atoms with E-state index in [2.05, 4.69) is 0 Å². The summed E-state index contributed by atoms with van der Waals surface area (Å²) in [6.45, 7) is 1.42. The lowest BCUT2D eigenvalue weighted by Gasteiger charge is -2.35. The van der Waals surface area contributed by atoms with Gasteiger partial charge in [0.1, 0.15) is 5.82 Å². The van der Waals surface area contributed by atoms with Gasteiger partial charge in [-0.2, -0.15) is 0 Å². The molecule has 94 valence electrons. The van der Waals surface area contributed by atoms with E-state index in [1.54, 1.807) is 12.1 Å². The lowest BCUT2D eigenvalue weighted by atomic mass is 9.77. The first-order chi connectivity index (χ1) is 8.15. The average molecular weight is 277 g/mol. The molecule has 1 fully saturated rings. The maximum atomic E-state index is 13.8. The number of halogens is 3. The standard InChI is InChI=1S/C13H15Cl2FO/c14-9-13(3-5-17-6-4-13)8-10-1-2-11(15)7-12(10)16/h1-2,7H,3-6,8-9H2. The van der Waals surface area contributed by atoms with Crippen molar-refractivity contribution in [3.63, 3.8) is 0 Å². The van der Waals surface area contributed by atoms with Crippen LogP contribution in [0.15, 0.2) is 18.2 Å². The van der Waals surface area contributed by atoms with Gasteiger partial charge in [-0.1, -0.05) is 17.7 Å². The molecule has 0 saturated carbocycles. The molecule has 1 aromatic rings. The first kappa shape index (κ1) is 13.1. The normalized spacial score (nSPS) is 19.2. The molecule has 0 aromatic heterocycles. The third-order valence-corrected chi connectivity index (χ3v) is 4.22. The van der Waals surface area contributed by atoms with Gasteiger partial charge in [-0.05, 0) is 42.4 Å². The Morgan fingerprint density at radius 1 is 1.29 bits per heavy atom. The summed E-state index contributed by atoms with van der Waals surface area (Å²) >= 11 is 11.8. The minimum Gasteiger partial charge on any atom is -0.381 e. The van der Waals surface area contributed by atoms with Gasteiger partial charge >= 0.3 is 0 Å². The van der Waals surface area contributed by atoms with Crippen molar-refractivity contribution in [2.75, 3.05) is 19.1 Å². The highest BCUT2D eigenvalue weighted by molar-refractivity contribution is 6.30. The Morgan fingerprint density at radius 2 is 2.00 bits per heavy atom. The van der Waals surface area contributed by atoms with Gasteiger partial charge in [0.25, 0.3) is 0 Å². The highest BCUT2D eigenvalue weighted by Crippen LogP contribution is 2.36. The number of alkyl halides is 1. The van der Waals surface area contributed by atoms with Crippen LogP contribution in [0.5, 0.6) is 0 Å². The highest BCUT2D eigenvalue weighted by atomic mass is 35.5. The van der Waals surface area contributed by atoms with Crippen molar-refractivity contribution in [2.45, 2.75) is 19.3 Å². The molecule has 1 aliphatic heterocycles. The summed E-state index contributed by atoms with van der Waals surface area (Å²) in [6, 6.07) is 4.83. The van der Waals surface area contributed by atoms with Crippen LogP contribution in [0.2, 0.25) is 5.02 Å². The van der Waals surface area contributed by atoms with E-state index in [0.717, 1.165) is 12.8 Å². The fraction of sp³-hybridized carbons (Fsp3) is 0.538. The fourth-order valence-electron chi connectivity index (χ4n) is 2.23. The smallest absolute Gasteiger partial charge is 0.127 e. The number of hydrogen-bond donors (Lipinski definition) is 0. The number of benzene rings is 1. The Labute approximate surface area is 111 Å². The summed E-state index contributed by atoms with van der Waals surface area (Å²) in [5, 5.41) is 0.429. The Morgan fingerprint density at radius 3 is 2.59 bits per heavy atom. The van der Waals surface area contributed by atoms with E-state index in [4.69, 9.17) is 27.9 Å². The largest absolute Gasteiger partial charge is 0.381 e. The Balaban J connectivity index is 2.17. The summed E-state index contributed by atoms with van der Waals surface area (Å²) in [5.74, 6) is 0.298. The number of hydrogen-bond acceptors (Lipinski definition) is 1. The van der Waals surface area contributed by atoms with Gasteiger partial charge in [0.2, 0.25) is 0 Å². The molecule has 1 saturated heterocycles. The van der Waals surface area contributed by atoms with E-state index < -0.39 is 0 Å². The molecular weight excluding hydrogens is 262 g/mol. The topological polar surface area (TPSA) is 9.23 Å². The second-order valence-electron chi connectivity index (χ2n) is 4.66. The molecule has 2 rings (SSSR count). The predicted octanol–water partition coefficient (Wildman–Crippen LogP) is 4.06. The van der Waals surface area contributed by atoms with Crippen molar-refractivity contribution in [1.29, 1.82) is 0 Å². The van der Waals surface area contributed by atoms with E-state index in [9.17, 15) is 4.39 Å². The molecule has 4 heteroatoms. The Bertz CT molecular complexity index is 389. The molecule has 0 aliphatic carbocycles. The molecule has 0 radical (unpaired) electrons. The molecule has 0 N–H and O–H groups in total. The van der Waals surface area contributed by atoms with E-state index >= 15 is 0 Å². The first-order valence-corrected chi connectivity index (χ1v) is 6.64. The van der Waals surface area contributed by atoms with Crippen LogP contribution in [0.1, 0.15) is 18.4 Å². The van der Waals surface area contributed by atoms with Crippen LogP contribution < -0.4 is 0 Å². The molecule has 1 heterocycles. The van der Waals surface area contributed by atoms with Crippen molar-refractivity contribution >= 4 is 23.2 Å². The van der Waals surface area contributed by atoms with Crippen molar-refractivity contribution in [3.8, 4) is 0 Å². The lowest BCUT2D eigenvalue weighted by molar-refractivity contribution is 0.0254. The molecule has 1 aliphatic rings. The third kappa shape index (κ3) is 3.12. The van der Waals surface area contributed by atoms with E-state index in [1.807, 2.05) is 0 Å². The maximum absolute atomic E-state index is 13.8. The van der Waals surface area contributed by atoms with Crippen LogP contribution in [0.4, 0.5) is 4.39 Å². The zero-order valence-electron chi connectivity index (χ0n) is 9.52. The highest BCUT2D eigenvalue weighted by Gasteiger charge is 2.32. The van der Waals surface area contributed by atoms with Gasteiger partial charge in [0.15, 0.2) is 0 Å². The molecule has 1 nitrogen and oxygen atoms in total. The van der Waals surface area contributed by atoms with Crippen molar-refractivity contribution < 1.29 is 9.13 Å². The van der Waals surface area contributed by atoms with Crippen molar-refractivity contribution in [3.05, 3.63) is 34.6 Å². The third-order valence-electron chi connectivity index (χ3n) is 3.42. The zero-order chi connectivity index (χ0) is 12.3. The van der Waals surface area contributed by atoms with Crippen LogP contribution in [-0.2, 0) is 11.2 Å². The lowest BCUT2D eigenvalue weighted by Crippen LogP contribution is -2.33. The molecule has 0 unspecified atom stereocenters. The summed E-state index contributed by atoms with van der Waals surface area (Å²) in [7, 11) is 0. The van der Waals surface area contributed by atoms with Gasteiger partial charge in [-0.25, -0.2) is 4.39 Å². The van der Waals surface area contributed by atoms with Gasteiger partial charge in [-0.15, -0.1) is 11.6 Å². The molecule has 0 amide bonds. The SMILES string of the molecule is Fc1cc(Cl)ccc1CC1(CCl)CCOCC1. The summed E-state index contributed by atoms with van der Waals surface area (Å²) in [4.78, 5) is 0. The molecule has 0 atom stereocenters. The van der Waals surface area contributed by atoms with Gasteiger partial charge in [-0.3, -0.25) is 0 Å². The van der Waals surface area contributed by atoms with Crippen LogP contribution in [0, 0.1) is 11.2 Å². The second-order valence-corrected chi connectivity index (χ2v) is 5.36. The second kappa shape index (κ2) is 5.55. The number of rotatable bonds is 3. The first-order valence-electron chi connectivity index (χ1n) is 5.73. The monoisotopic (exact) mass is 276 g/mol. The Hall–Kier alpha value is -0.310. The Kier molecular flexibility index (Phi) is 4.29. The molecule has 0 spiro atoms. The van der Waals surface area contributed by atoms with Crippen LogP contribution >= 0.6 is 23.2 Å². The molecule has 1 aromatic carbocycles. The van der Waals surface area contributed by atoms with E-state index in [-0.39, 0.29) is 11.2 Å². The van der Waals surface area contributed by atoms with Crippen LogP contribution in [0.25, 0.3) is 0 Å². The minimum absolute atomic E-state index is 0.0333. The quantitative estimate of drug-likeness (QED) is 0.757. The van der Waals surface area contributed by atoms with E-state index in [1.165, 1.54) is 6.07 Å². The minimum atomic E-state index is -0.242. The fourth-order valence-corrected chi connectivity index (χ4v) is 2.75.